The predicted molar refractivity (Wildman–Crippen MR) is 106 cm³/mol. The molecule has 1 fully saturated rings. The molecule has 1 heterocycles. The SMILES string of the molecule is CN1CCN(C2=C(c3ccc([N+](=O)[O-])cc3)C(=O)c3c(O)cccc3C2=O)CC1. The molecule has 1 saturated heterocycles. The van der Waals surface area contributed by atoms with E-state index < -0.39 is 10.7 Å². The molecule has 2 aliphatic rings. The number of rotatable bonds is 3. The Labute approximate surface area is 166 Å². The van der Waals surface area contributed by atoms with E-state index in [0.29, 0.717) is 18.7 Å². The number of Topliss-reactive ketones (excluding diaryl/α,β-unsaturated/α-hetero) is 2. The summed E-state index contributed by atoms with van der Waals surface area (Å²) in [6.45, 7) is 2.64. The van der Waals surface area contributed by atoms with Crippen LogP contribution < -0.4 is 0 Å². The number of phenols is 1. The summed E-state index contributed by atoms with van der Waals surface area (Å²) < 4.78 is 0. The number of nitro benzene ring substituents is 1. The highest BCUT2D eigenvalue weighted by Gasteiger charge is 2.38. The number of nitrogens with zero attached hydrogens (tertiary/aromatic N) is 3. The predicted octanol–water partition coefficient (Wildman–Crippen LogP) is 2.34. The third-order valence-electron chi connectivity index (χ3n) is 5.38. The van der Waals surface area contributed by atoms with Gasteiger partial charge in [0.25, 0.3) is 5.69 Å². The number of allylic oxidation sites excluding steroid dienone is 2. The van der Waals surface area contributed by atoms with Gasteiger partial charge in [-0.25, -0.2) is 0 Å². The summed E-state index contributed by atoms with van der Waals surface area (Å²) in [6.07, 6.45) is 0. The zero-order valence-electron chi connectivity index (χ0n) is 15.8. The van der Waals surface area contributed by atoms with Crippen molar-refractivity contribution in [1.29, 1.82) is 0 Å². The number of likely N-dealkylation sites (N-methyl/N-ethyl adjacent to an activating group) is 1. The van der Waals surface area contributed by atoms with E-state index in [1.54, 1.807) is 0 Å². The zero-order valence-corrected chi connectivity index (χ0v) is 15.8. The summed E-state index contributed by atoms with van der Waals surface area (Å²) in [4.78, 5) is 41.2. The summed E-state index contributed by atoms with van der Waals surface area (Å²) in [6, 6.07) is 10.0. The molecule has 0 unspecified atom stereocenters. The number of carbonyl (C=O) groups excluding carboxylic acids is 2. The molecule has 0 spiro atoms. The Morgan fingerprint density at radius 2 is 1.62 bits per heavy atom. The van der Waals surface area contributed by atoms with Crippen LogP contribution in [0.25, 0.3) is 5.57 Å². The van der Waals surface area contributed by atoms with Gasteiger partial charge in [-0.1, -0.05) is 6.07 Å². The summed E-state index contributed by atoms with van der Waals surface area (Å²) in [5.41, 5.74) is 0.918. The van der Waals surface area contributed by atoms with Crippen LogP contribution in [0.5, 0.6) is 5.75 Å². The van der Waals surface area contributed by atoms with Crippen LogP contribution in [0.4, 0.5) is 5.69 Å². The van der Waals surface area contributed by atoms with Gasteiger partial charge < -0.3 is 14.9 Å². The molecule has 0 saturated carbocycles. The molecule has 0 atom stereocenters. The summed E-state index contributed by atoms with van der Waals surface area (Å²) in [5.74, 6) is -1.04. The normalized spacial score (nSPS) is 17.5. The molecule has 1 aliphatic heterocycles. The van der Waals surface area contributed by atoms with Gasteiger partial charge in [0.15, 0.2) is 5.78 Å². The first-order chi connectivity index (χ1) is 13.9. The highest BCUT2D eigenvalue weighted by molar-refractivity contribution is 6.41. The van der Waals surface area contributed by atoms with E-state index in [0.717, 1.165) is 13.1 Å². The largest absolute Gasteiger partial charge is 0.507 e. The summed E-state index contributed by atoms with van der Waals surface area (Å²) >= 11 is 0. The van der Waals surface area contributed by atoms with E-state index in [9.17, 15) is 24.8 Å². The molecule has 1 aliphatic carbocycles. The molecule has 29 heavy (non-hydrogen) atoms. The molecular formula is C21H19N3O5. The summed E-state index contributed by atoms with van der Waals surface area (Å²) in [5, 5.41) is 21.2. The standard InChI is InChI=1S/C21H19N3O5/c1-22-9-11-23(12-10-22)19-17(13-5-7-14(8-6-13)24(28)29)21(27)18-15(20(19)26)3-2-4-16(18)25/h2-8,25H,9-12H2,1H3. The van der Waals surface area contributed by atoms with Gasteiger partial charge in [0.1, 0.15) is 5.75 Å². The molecule has 4 rings (SSSR count). The number of nitro groups is 1. The maximum absolute atomic E-state index is 13.4. The number of ketones is 2. The molecule has 1 N–H and O–H groups in total. The number of hydrogen-bond donors (Lipinski definition) is 1. The van der Waals surface area contributed by atoms with Gasteiger partial charge in [0.2, 0.25) is 5.78 Å². The van der Waals surface area contributed by atoms with E-state index in [1.165, 1.54) is 42.5 Å². The number of benzene rings is 2. The Kier molecular flexibility index (Phi) is 4.63. The van der Waals surface area contributed by atoms with Gasteiger partial charge >= 0.3 is 0 Å². The number of aromatic hydroxyl groups is 1. The lowest BCUT2D eigenvalue weighted by molar-refractivity contribution is -0.384. The van der Waals surface area contributed by atoms with Gasteiger partial charge in [-0.05, 0) is 36.9 Å². The number of carbonyl (C=O) groups is 2. The molecule has 2 aromatic rings. The van der Waals surface area contributed by atoms with E-state index in [4.69, 9.17) is 0 Å². The van der Waals surface area contributed by atoms with E-state index in [2.05, 4.69) is 4.90 Å². The molecule has 8 heteroatoms. The molecular weight excluding hydrogens is 374 g/mol. The molecule has 0 bridgehead atoms. The first-order valence-corrected chi connectivity index (χ1v) is 9.22. The quantitative estimate of drug-likeness (QED) is 0.630. The van der Waals surface area contributed by atoms with Crippen molar-refractivity contribution in [2.75, 3.05) is 33.2 Å². The molecule has 0 radical (unpaired) electrons. The van der Waals surface area contributed by atoms with Crippen molar-refractivity contribution in [3.8, 4) is 5.75 Å². The van der Waals surface area contributed by atoms with Crippen LogP contribution in [0.3, 0.4) is 0 Å². The minimum atomic E-state index is -0.519. The number of piperazine rings is 1. The van der Waals surface area contributed by atoms with Crippen LogP contribution in [0.1, 0.15) is 26.3 Å². The molecule has 2 aromatic carbocycles. The lowest BCUT2D eigenvalue weighted by Gasteiger charge is -2.37. The van der Waals surface area contributed by atoms with Crippen molar-refractivity contribution in [3.05, 3.63) is 75.0 Å². The van der Waals surface area contributed by atoms with Crippen LogP contribution in [0.15, 0.2) is 48.2 Å². The third-order valence-corrected chi connectivity index (χ3v) is 5.38. The molecule has 8 nitrogen and oxygen atoms in total. The first kappa shape index (κ1) is 18.8. The second kappa shape index (κ2) is 7.14. The molecule has 0 amide bonds. The summed E-state index contributed by atoms with van der Waals surface area (Å²) in [7, 11) is 1.99. The minimum Gasteiger partial charge on any atom is -0.507 e. The lowest BCUT2D eigenvalue weighted by Crippen LogP contribution is -2.46. The van der Waals surface area contributed by atoms with Crippen molar-refractivity contribution in [3.63, 3.8) is 0 Å². The topological polar surface area (TPSA) is 104 Å². The highest BCUT2D eigenvalue weighted by atomic mass is 16.6. The minimum absolute atomic E-state index is 0.0243. The van der Waals surface area contributed by atoms with Gasteiger partial charge in [-0.3, -0.25) is 19.7 Å². The van der Waals surface area contributed by atoms with E-state index >= 15 is 0 Å². The fourth-order valence-corrected chi connectivity index (χ4v) is 3.79. The molecule has 0 aromatic heterocycles. The van der Waals surface area contributed by atoms with Crippen molar-refractivity contribution in [1.82, 2.24) is 9.80 Å². The molecule has 148 valence electrons. The number of hydrogen-bond acceptors (Lipinski definition) is 7. The maximum atomic E-state index is 13.4. The van der Waals surface area contributed by atoms with Crippen LogP contribution in [-0.2, 0) is 0 Å². The van der Waals surface area contributed by atoms with Crippen LogP contribution >= 0.6 is 0 Å². The monoisotopic (exact) mass is 393 g/mol. The zero-order chi connectivity index (χ0) is 20.7. The van der Waals surface area contributed by atoms with Gasteiger partial charge in [-0.2, -0.15) is 0 Å². The fraction of sp³-hybridized carbons (Fsp3) is 0.238. The van der Waals surface area contributed by atoms with Gasteiger partial charge in [0.05, 0.1) is 21.8 Å². The maximum Gasteiger partial charge on any atom is 0.269 e. The Hall–Kier alpha value is -3.52. The van der Waals surface area contributed by atoms with Crippen LogP contribution in [-0.4, -0.2) is 64.6 Å². The van der Waals surface area contributed by atoms with Crippen molar-refractivity contribution >= 4 is 22.8 Å². The Morgan fingerprint density at radius 1 is 0.966 bits per heavy atom. The van der Waals surface area contributed by atoms with Crippen molar-refractivity contribution in [2.45, 2.75) is 0 Å². The van der Waals surface area contributed by atoms with E-state index in [1.807, 2.05) is 11.9 Å². The fourth-order valence-electron chi connectivity index (χ4n) is 3.79. The van der Waals surface area contributed by atoms with E-state index in [-0.39, 0.29) is 39.6 Å². The average molecular weight is 393 g/mol. The Morgan fingerprint density at radius 3 is 2.24 bits per heavy atom. The van der Waals surface area contributed by atoms with Crippen LogP contribution in [0.2, 0.25) is 0 Å². The number of fused-ring (bicyclic) bond motifs is 1. The second-order valence-electron chi connectivity index (χ2n) is 7.18. The first-order valence-electron chi connectivity index (χ1n) is 9.22. The lowest BCUT2D eigenvalue weighted by atomic mass is 9.82. The Balaban J connectivity index is 1.90. The Bertz CT molecular complexity index is 1050. The van der Waals surface area contributed by atoms with Crippen LogP contribution in [0, 0.1) is 10.1 Å². The average Bonchev–Trinajstić information content (AvgIpc) is 2.71. The van der Waals surface area contributed by atoms with Gasteiger partial charge in [0, 0.05) is 43.9 Å². The number of phenolic OH excluding ortho intramolecular Hbond substituents is 1. The third kappa shape index (κ3) is 3.17. The number of non-ortho nitro benzene ring substituents is 1. The van der Waals surface area contributed by atoms with Gasteiger partial charge in [-0.15, -0.1) is 0 Å². The smallest absolute Gasteiger partial charge is 0.269 e. The van der Waals surface area contributed by atoms with Crippen molar-refractivity contribution < 1.29 is 19.6 Å². The van der Waals surface area contributed by atoms with Crippen molar-refractivity contribution in [2.24, 2.45) is 0 Å². The highest BCUT2D eigenvalue weighted by Crippen LogP contribution is 2.38. The second-order valence-corrected chi connectivity index (χ2v) is 7.18.